The molecule has 0 aliphatic heterocycles. The first-order chi connectivity index (χ1) is 7.43. The summed E-state index contributed by atoms with van der Waals surface area (Å²) in [5, 5.41) is 5.86. The van der Waals surface area contributed by atoms with Gasteiger partial charge >= 0.3 is 19.5 Å². The normalized spacial score (nSPS) is 8.88. The van der Waals surface area contributed by atoms with Crippen molar-refractivity contribution in [2.24, 2.45) is 0 Å². The second kappa shape index (κ2) is 12.4. The number of rotatable bonds is 6. The predicted octanol–water partition coefficient (Wildman–Crippen LogP) is 1.11. The molecule has 92 valence electrons. The van der Waals surface area contributed by atoms with Crippen LogP contribution in [0.3, 0.4) is 0 Å². The molecule has 0 rings (SSSR count). The van der Waals surface area contributed by atoms with E-state index in [0.717, 1.165) is 0 Å². The van der Waals surface area contributed by atoms with Gasteiger partial charge in [-0.05, 0) is 0 Å². The third-order valence-corrected chi connectivity index (χ3v) is 2.73. The summed E-state index contributed by atoms with van der Waals surface area (Å²) in [7, 11) is 0. The van der Waals surface area contributed by atoms with E-state index in [1.165, 1.54) is 0 Å². The maximum absolute atomic E-state index is 5.01. The van der Waals surface area contributed by atoms with E-state index >= 15 is 0 Å². The first-order valence-electron chi connectivity index (χ1n) is 4.35. The van der Waals surface area contributed by atoms with Crippen molar-refractivity contribution in [1.82, 2.24) is 15.5 Å². The van der Waals surface area contributed by atoms with Gasteiger partial charge in [0.15, 0.2) is 0 Å². The topological polar surface area (TPSA) is 27.3 Å². The van der Waals surface area contributed by atoms with Gasteiger partial charge in [-0.25, -0.2) is 0 Å². The fourth-order valence-electron chi connectivity index (χ4n) is 0.899. The molecule has 0 amide bonds. The first kappa shape index (κ1) is 20.7. The molecule has 0 aromatic heterocycles. The summed E-state index contributed by atoms with van der Waals surface area (Å²) < 4.78 is 1.48. The Labute approximate surface area is 147 Å². The average molecular weight is 397 g/mol. The molecule has 3 nitrogen and oxygen atoms in total. The van der Waals surface area contributed by atoms with Crippen LogP contribution in [0.25, 0.3) is 0 Å². The summed E-state index contributed by atoms with van der Waals surface area (Å²) in [6.45, 7) is 2.77. The third-order valence-electron chi connectivity index (χ3n) is 1.59. The van der Waals surface area contributed by atoms with Crippen LogP contribution >= 0.6 is 74.5 Å². The molecule has 0 heterocycles. The Morgan fingerprint density at radius 2 is 1.24 bits per heavy atom. The van der Waals surface area contributed by atoms with Crippen LogP contribution in [-0.4, -0.2) is 44.0 Å². The Bertz CT molecular complexity index is 254. The van der Waals surface area contributed by atoms with Crippen molar-refractivity contribution in [2.45, 2.75) is 0 Å². The molecule has 0 saturated carbocycles. The second-order valence-corrected chi connectivity index (χ2v) is 6.16. The molecule has 0 spiro atoms. The van der Waals surface area contributed by atoms with Gasteiger partial charge in [0.2, 0.25) is 0 Å². The Morgan fingerprint density at radius 1 is 0.882 bits per heavy atom. The maximum atomic E-state index is 5.01. The van der Waals surface area contributed by atoms with Crippen molar-refractivity contribution in [1.29, 1.82) is 0 Å². The molecule has 0 aliphatic carbocycles. The number of hydrogen-bond donors (Lipinski definition) is 5. The SMILES string of the molecule is S=C(S)NCCN(CCNC(=S)S)C(=S)S.[Zn+2]. The Kier molecular flexibility index (Phi) is 15.0. The molecule has 0 radical (unpaired) electrons. The van der Waals surface area contributed by atoms with Crippen molar-refractivity contribution in [3.05, 3.63) is 0 Å². The number of thiol groups is 3. The summed E-state index contributed by atoms with van der Waals surface area (Å²) in [6, 6.07) is 0. The quantitative estimate of drug-likeness (QED) is 0.262. The van der Waals surface area contributed by atoms with Gasteiger partial charge in [0, 0.05) is 26.2 Å². The summed E-state index contributed by atoms with van der Waals surface area (Å²) in [5.41, 5.74) is 0. The van der Waals surface area contributed by atoms with Crippen molar-refractivity contribution in [3.8, 4) is 0 Å². The average Bonchev–Trinajstić information content (AvgIpc) is 2.14. The standard InChI is InChI=1S/C7H13N3S6.Zn/c11-5(12)8-1-3-10(7(15)16)4-2-9-6(13)14;/h1-4H2,(H,15,16)(H2,8,11,12)(H2,9,13,14);/q;+2. The largest absolute Gasteiger partial charge is 2.00 e. The minimum atomic E-state index is 0. The molecule has 2 N–H and O–H groups in total. The van der Waals surface area contributed by atoms with Gasteiger partial charge in [-0.15, -0.1) is 37.9 Å². The Balaban J connectivity index is 0. The molecule has 0 aliphatic rings. The van der Waals surface area contributed by atoms with E-state index in [1.807, 2.05) is 4.90 Å². The van der Waals surface area contributed by atoms with Crippen molar-refractivity contribution >= 4 is 87.5 Å². The molecule has 0 fully saturated rings. The van der Waals surface area contributed by atoms with E-state index in [4.69, 9.17) is 36.7 Å². The van der Waals surface area contributed by atoms with E-state index in [0.29, 0.717) is 39.1 Å². The number of hydrogen-bond acceptors (Lipinski definition) is 3. The van der Waals surface area contributed by atoms with E-state index in [1.54, 1.807) is 0 Å². The zero-order valence-corrected chi connectivity index (χ0v) is 17.1. The predicted molar refractivity (Wildman–Crippen MR) is 92.3 cm³/mol. The molecule has 10 heteroatoms. The molecule has 0 aromatic carbocycles. The number of thiocarbonyl (C=S) groups is 3. The Hall–Kier alpha value is 1.34. The van der Waals surface area contributed by atoms with Crippen molar-refractivity contribution in [2.75, 3.05) is 26.2 Å². The zero-order chi connectivity index (χ0) is 12.6. The fourth-order valence-corrected chi connectivity index (χ4v) is 1.71. The van der Waals surface area contributed by atoms with Gasteiger partial charge in [0.25, 0.3) is 0 Å². The summed E-state index contributed by atoms with van der Waals surface area (Å²) in [4.78, 5) is 1.93. The zero-order valence-electron chi connectivity index (χ0n) is 9.05. The maximum Gasteiger partial charge on any atom is 2.00 e. The van der Waals surface area contributed by atoms with Gasteiger partial charge in [-0.1, -0.05) is 36.7 Å². The second-order valence-electron chi connectivity index (χ2n) is 2.73. The summed E-state index contributed by atoms with van der Waals surface area (Å²) in [6.07, 6.45) is 0. The molecule has 0 atom stereocenters. The van der Waals surface area contributed by atoms with Crippen LogP contribution in [-0.2, 0) is 19.5 Å². The molecule has 0 saturated heterocycles. The first-order valence-corrected chi connectivity index (χ1v) is 6.91. The molecule has 0 aromatic rings. The van der Waals surface area contributed by atoms with Crippen LogP contribution in [0.4, 0.5) is 0 Å². The minimum Gasteiger partial charge on any atom is -0.369 e. The molecule has 17 heavy (non-hydrogen) atoms. The van der Waals surface area contributed by atoms with Crippen molar-refractivity contribution < 1.29 is 19.5 Å². The van der Waals surface area contributed by atoms with Crippen molar-refractivity contribution in [3.63, 3.8) is 0 Å². The number of nitrogens with one attached hydrogen (secondary N) is 2. The van der Waals surface area contributed by atoms with Gasteiger partial charge < -0.3 is 15.5 Å². The van der Waals surface area contributed by atoms with E-state index in [2.05, 4.69) is 48.5 Å². The van der Waals surface area contributed by atoms with E-state index < -0.39 is 0 Å². The van der Waals surface area contributed by atoms with E-state index in [-0.39, 0.29) is 19.5 Å². The van der Waals surface area contributed by atoms with E-state index in [9.17, 15) is 0 Å². The number of nitrogens with zero attached hydrogens (tertiary/aromatic N) is 1. The van der Waals surface area contributed by atoms with Gasteiger partial charge in [-0.3, -0.25) is 0 Å². The van der Waals surface area contributed by atoms with Crippen LogP contribution < -0.4 is 10.6 Å². The van der Waals surface area contributed by atoms with Crippen LogP contribution in [0.2, 0.25) is 0 Å². The van der Waals surface area contributed by atoms with Gasteiger partial charge in [0.1, 0.15) is 13.0 Å². The minimum absolute atomic E-state index is 0. The van der Waals surface area contributed by atoms with Crippen LogP contribution in [0.15, 0.2) is 0 Å². The van der Waals surface area contributed by atoms with Gasteiger partial charge in [0.05, 0.1) is 0 Å². The summed E-state index contributed by atoms with van der Waals surface area (Å²) in [5.74, 6) is 0. The van der Waals surface area contributed by atoms with Crippen LogP contribution in [0, 0.1) is 0 Å². The molecule has 0 bridgehead atoms. The van der Waals surface area contributed by atoms with Crippen LogP contribution in [0.1, 0.15) is 0 Å². The smallest absolute Gasteiger partial charge is 0.369 e. The molecular weight excluding hydrogens is 384 g/mol. The summed E-state index contributed by atoms with van der Waals surface area (Å²) >= 11 is 26.6. The monoisotopic (exact) mass is 395 g/mol. The van der Waals surface area contributed by atoms with Gasteiger partial charge in [-0.2, -0.15) is 0 Å². The van der Waals surface area contributed by atoms with Crippen LogP contribution in [0.5, 0.6) is 0 Å². The Morgan fingerprint density at radius 3 is 1.47 bits per heavy atom. The third kappa shape index (κ3) is 13.6. The fraction of sp³-hybridized carbons (Fsp3) is 0.571. The molecule has 0 unspecified atom stereocenters. The molecular formula is C7H13N3S6Zn+2.